The molecule has 1 fully saturated rings. The molecule has 3 aromatic rings. The van der Waals surface area contributed by atoms with Gasteiger partial charge in [-0.3, -0.25) is 19.2 Å². The SMILES string of the molecule is CC1(C)C(C(=O)C=O)N(c2cc(C(F)(F)F)cs2)CN1Cc1ccnc(NS(=O)(=O)Cc2ccccc2)c1. The number of aromatic nitrogens is 1. The number of alkyl halides is 3. The van der Waals surface area contributed by atoms with E-state index in [9.17, 15) is 31.2 Å². The third-order valence-electron chi connectivity index (χ3n) is 6.36. The van der Waals surface area contributed by atoms with E-state index < -0.39 is 39.1 Å². The minimum absolute atomic E-state index is 0.0758. The molecule has 4 rings (SSSR count). The Hall–Kier alpha value is -3.29. The lowest BCUT2D eigenvalue weighted by molar-refractivity contribution is -0.137. The minimum atomic E-state index is -4.53. The highest BCUT2D eigenvalue weighted by atomic mass is 32.2. The second-order valence-electron chi connectivity index (χ2n) is 9.45. The van der Waals surface area contributed by atoms with Crippen molar-refractivity contribution >= 4 is 44.2 Å². The van der Waals surface area contributed by atoms with Crippen molar-refractivity contribution in [3.05, 3.63) is 76.8 Å². The molecule has 3 heterocycles. The molecular formula is C25H25F3N4O4S2. The van der Waals surface area contributed by atoms with Crippen molar-refractivity contribution in [3.8, 4) is 0 Å². The predicted octanol–water partition coefficient (Wildman–Crippen LogP) is 4.30. The molecule has 1 aliphatic rings. The van der Waals surface area contributed by atoms with Gasteiger partial charge in [0.25, 0.3) is 0 Å². The van der Waals surface area contributed by atoms with Gasteiger partial charge in [-0.05, 0) is 43.2 Å². The van der Waals surface area contributed by atoms with Gasteiger partial charge in [0.2, 0.25) is 15.8 Å². The number of hydrogen-bond acceptors (Lipinski definition) is 8. The van der Waals surface area contributed by atoms with Crippen molar-refractivity contribution in [2.75, 3.05) is 16.3 Å². The van der Waals surface area contributed by atoms with Crippen molar-refractivity contribution in [2.24, 2.45) is 0 Å². The number of anilines is 2. The number of benzene rings is 1. The number of aldehydes is 1. The Balaban J connectivity index is 1.56. The lowest BCUT2D eigenvalue weighted by Gasteiger charge is -2.34. The average molecular weight is 567 g/mol. The number of halogens is 3. The summed E-state index contributed by atoms with van der Waals surface area (Å²) in [6, 6.07) is 11.9. The van der Waals surface area contributed by atoms with Crippen LogP contribution in [0.15, 0.2) is 60.1 Å². The summed E-state index contributed by atoms with van der Waals surface area (Å²) in [7, 11) is -3.74. The minimum Gasteiger partial charge on any atom is -0.338 e. The van der Waals surface area contributed by atoms with Gasteiger partial charge in [-0.15, -0.1) is 11.3 Å². The molecule has 0 amide bonds. The number of nitrogens with zero attached hydrogens (tertiary/aromatic N) is 3. The lowest BCUT2D eigenvalue weighted by atomic mass is 9.91. The van der Waals surface area contributed by atoms with E-state index in [1.165, 1.54) is 11.1 Å². The zero-order chi connectivity index (χ0) is 27.7. The zero-order valence-electron chi connectivity index (χ0n) is 20.5. The van der Waals surface area contributed by atoms with E-state index in [-0.39, 0.29) is 36.1 Å². The molecular weight excluding hydrogens is 541 g/mol. The van der Waals surface area contributed by atoms with E-state index in [1.807, 2.05) is 4.90 Å². The Morgan fingerprint density at radius 2 is 1.89 bits per heavy atom. The molecule has 2 aromatic heterocycles. The molecule has 1 atom stereocenters. The van der Waals surface area contributed by atoms with Gasteiger partial charge in [0.1, 0.15) is 11.9 Å². The lowest BCUT2D eigenvalue weighted by Crippen LogP contribution is -2.51. The topological polar surface area (TPSA) is 99.7 Å². The van der Waals surface area contributed by atoms with Gasteiger partial charge in [0, 0.05) is 23.7 Å². The standard InChI is InChI=1S/C25H25F3N4O4S2/c1-24(2)23(20(34)13-33)32(22-11-19(14-37-22)25(26,27)28)16-31(24)12-18-8-9-29-21(10-18)30-38(35,36)15-17-6-4-3-5-7-17/h3-11,13-14,23H,12,15-16H2,1-2H3,(H,29,30). The summed E-state index contributed by atoms with van der Waals surface area (Å²) in [4.78, 5) is 31.5. The van der Waals surface area contributed by atoms with Crippen LogP contribution in [0.5, 0.6) is 0 Å². The van der Waals surface area contributed by atoms with Crippen molar-refractivity contribution < 1.29 is 31.2 Å². The molecule has 202 valence electrons. The number of Topliss-reactive ketones (excluding diaryl/α,β-unsaturated/α-hetero) is 1. The fourth-order valence-corrected chi connectivity index (χ4v) is 6.56. The zero-order valence-corrected chi connectivity index (χ0v) is 22.1. The first-order valence-electron chi connectivity index (χ1n) is 11.5. The molecule has 1 unspecified atom stereocenters. The summed E-state index contributed by atoms with van der Waals surface area (Å²) in [5.74, 6) is -0.867. The normalized spacial score (nSPS) is 17.9. The van der Waals surface area contributed by atoms with Gasteiger partial charge in [-0.2, -0.15) is 13.2 Å². The monoisotopic (exact) mass is 566 g/mol. The number of hydrogen-bond donors (Lipinski definition) is 1. The second-order valence-corrected chi connectivity index (χ2v) is 12.1. The summed E-state index contributed by atoms with van der Waals surface area (Å²) in [5, 5.41) is 1.20. The Labute approximate surface area is 222 Å². The van der Waals surface area contributed by atoms with E-state index in [0.717, 1.165) is 22.8 Å². The molecule has 0 radical (unpaired) electrons. The summed E-state index contributed by atoms with van der Waals surface area (Å²) in [6.45, 7) is 3.77. The number of carbonyl (C=O) groups is 2. The maximum atomic E-state index is 13.2. The third kappa shape index (κ3) is 6.05. The van der Waals surface area contributed by atoms with Crippen LogP contribution in [-0.4, -0.2) is 48.6 Å². The number of sulfonamides is 1. The van der Waals surface area contributed by atoms with E-state index in [1.54, 1.807) is 56.3 Å². The Kier molecular flexibility index (Phi) is 7.64. The van der Waals surface area contributed by atoms with Gasteiger partial charge in [-0.25, -0.2) is 13.4 Å². The molecule has 0 saturated carbocycles. The van der Waals surface area contributed by atoms with Crippen LogP contribution in [-0.2, 0) is 38.1 Å². The fourth-order valence-electron chi connectivity index (χ4n) is 4.48. The molecule has 13 heteroatoms. The smallest absolute Gasteiger partial charge is 0.338 e. The van der Waals surface area contributed by atoms with E-state index in [4.69, 9.17) is 0 Å². The Bertz CT molecular complexity index is 1430. The molecule has 1 aliphatic heterocycles. The first-order chi connectivity index (χ1) is 17.8. The number of nitrogens with one attached hydrogen (secondary N) is 1. The summed E-state index contributed by atoms with van der Waals surface area (Å²) in [6.07, 6.45) is -2.90. The molecule has 1 aromatic carbocycles. The highest BCUT2D eigenvalue weighted by Gasteiger charge is 2.50. The van der Waals surface area contributed by atoms with E-state index in [0.29, 0.717) is 11.1 Å². The Morgan fingerprint density at radius 1 is 1.18 bits per heavy atom. The van der Waals surface area contributed by atoms with Crippen LogP contribution in [0, 0.1) is 0 Å². The highest BCUT2D eigenvalue weighted by molar-refractivity contribution is 7.91. The maximum Gasteiger partial charge on any atom is 0.417 e. The fraction of sp³-hybridized carbons (Fsp3) is 0.320. The number of pyridine rings is 1. The molecule has 8 nitrogen and oxygen atoms in total. The molecule has 0 aliphatic carbocycles. The Morgan fingerprint density at radius 3 is 2.53 bits per heavy atom. The number of thiophene rings is 1. The maximum absolute atomic E-state index is 13.2. The summed E-state index contributed by atoms with van der Waals surface area (Å²) >= 11 is 0.848. The highest BCUT2D eigenvalue weighted by Crippen LogP contribution is 2.42. The van der Waals surface area contributed by atoms with Crippen molar-refractivity contribution in [1.82, 2.24) is 9.88 Å². The quantitative estimate of drug-likeness (QED) is 0.305. The molecule has 1 saturated heterocycles. The van der Waals surface area contributed by atoms with Gasteiger partial charge in [0.15, 0.2) is 6.29 Å². The van der Waals surface area contributed by atoms with Crippen LogP contribution in [0.4, 0.5) is 24.0 Å². The molecule has 0 spiro atoms. The van der Waals surface area contributed by atoms with E-state index >= 15 is 0 Å². The summed E-state index contributed by atoms with van der Waals surface area (Å²) in [5.41, 5.74) is -0.487. The predicted molar refractivity (Wildman–Crippen MR) is 138 cm³/mol. The average Bonchev–Trinajstić information content (AvgIpc) is 3.42. The third-order valence-corrected chi connectivity index (χ3v) is 8.56. The van der Waals surface area contributed by atoms with Crippen molar-refractivity contribution in [3.63, 3.8) is 0 Å². The number of carbonyl (C=O) groups excluding carboxylic acids is 2. The van der Waals surface area contributed by atoms with Crippen LogP contribution in [0.1, 0.15) is 30.5 Å². The van der Waals surface area contributed by atoms with Crippen LogP contribution < -0.4 is 9.62 Å². The van der Waals surface area contributed by atoms with Crippen LogP contribution in [0.25, 0.3) is 0 Å². The largest absolute Gasteiger partial charge is 0.417 e. The van der Waals surface area contributed by atoms with Gasteiger partial charge in [-0.1, -0.05) is 30.3 Å². The molecule has 38 heavy (non-hydrogen) atoms. The first-order valence-corrected chi connectivity index (χ1v) is 14.0. The molecule has 0 bridgehead atoms. The first kappa shape index (κ1) is 27.7. The van der Waals surface area contributed by atoms with Gasteiger partial charge in [0.05, 0.1) is 23.0 Å². The van der Waals surface area contributed by atoms with E-state index in [2.05, 4.69) is 9.71 Å². The summed E-state index contributed by atoms with van der Waals surface area (Å²) < 4.78 is 67.3. The van der Waals surface area contributed by atoms with Crippen molar-refractivity contribution in [1.29, 1.82) is 0 Å². The van der Waals surface area contributed by atoms with Gasteiger partial charge >= 0.3 is 6.18 Å². The van der Waals surface area contributed by atoms with Crippen LogP contribution >= 0.6 is 11.3 Å². The van der Waals surface area contributed by atoms with Crippen LogP contribution in [0.2, 0.25) is 0 Å². The van der Waals surface area contributed by atoms with Crippen molar-refractivity contribution in [2.45, 2.75) is 43.9 Å². The second kappa shape index (κ2) is 10.5. The van der Waals surface area contributed by atoms with Crippen LogP contribution in [0.3, 0.4) is 0 Å². The number of ketones is 1. The number of rotatable bonds is 9. The molecule has 1 N–H and O–H groups in total. The van der Waals surface area contributed by atoms with Gasteiger partial charge < -0.3 is 4.90 Å².